The van der Waals surface area contributed by atoms with Crippen LogP contribution in [0.25, 0.3) is 0 Å². The number of nitrogens with one attached hydrogen (secondary N) is 1. The molecule has 0 aliphatic heterocycles. The van der Waals surface area contributed by atoms with Crippen LogP contribution >= 0.6 is 0 Å². The summed E-state index contributed by atoms with van der Waals surface area (Å²) in [6, 6.07) is 14.3. The molecule has 4 nitrogen and oxygen atoms in total. The molecule has 2 aromatic rings. The van der Waals surface area contributed by atoms with E-state index in [4.69, 9.17) is 5.11 Å². The van der Waals surface area contributed by atoms with Crippen LogP contribution in [0.2, 0.25) is 0 Å². The lowest BCUT2D eigenvalue weighted by molar-refractivity contribution is -0.117. The van der Waals surface area contributed by atoms with E-state index >= 15 is 0 Å². The van der Waals surface area contributed by atoms with Crippen molar-refractivity contribution < 1.29 is 9.90 Å². The molecule has 0 aliphatic rings. The zero-order chi connectivity index (χ0) is 18.2. The van der Waals surface area contributed by atoms with Gasteiger partial charge in [0.15, 0.2) is 0 Å². The van der Waals surface area contributed by atoms with Crippen molar-refractivity contribution >= 4 is 11.6 Å². The number of hydrogen-bond donors (Lipinski definition) is 2. The van der Waals surface area contributed by atoms with Gasteiger partial charge in [-0.2, -0.15) is 0 Å². The van der Waals surface area contributed by atoms with Gasteiger partial charge in [-0.1, -0.05) is 35.9 Å². The van der Waals surface area contributed by atoms with Crippen LogP contribution in [0, 0.1) is 20.8 Å². The molecule has 2 rings (SSSR count). The van der Waals surface area contributed by atoms with Crippen LogP contribution in [-0.4, -0.2) is 35.6 Å². The number of carbonyl (C=O) groups is 1. The zero-order valence-electron chi connectivity index (χ0n) is 15.4. The van der Waals surface area contributed by atoms with Gasteiger partial charge in [0.2, 0.25) is 5.91 Å². The topological polar surface area (TPSA) is 52.6 Å². The summed E-state index contributed by atoms with van der Waals surface area (Å²) >= 11 is 0. The normalized spacial score (nSPS) is 10.9. The summed E-state index contributed by atoms with van der Waals surface area (Å²) in [6.45, 7) is 7.97. The molecule has 0 spiro atoms. The summed E-state index contributed by atoms with van der Waals surface area (Å²) in [5, 5.41) is 12.1. The summed E-state index contributed by atoms with van der Waals surface area (Å²) in [4.78, 5) is 14.5. The predicted octanol–water partition coefficient (Wildman–Crippen LogP) is 3.43. The minimum absolute atomic E-state index is 0.0340. The second kappa shape index (κ2) is 9.35. The van der Waals surface area contributed by atoms with Crippen LogP contribution in [0.3, 0.4) is 0 Å². The van der Waals surface area contributed by atoms with Crippen LogP contribution in [0.15, 0.2) is 42.5 Å². The maximum Gasteiger partial charge on any atom is 0.238 e. The first-order valence-corrected chi connectivity index (χ1v) is 8.74. The summed E-state index contributed by atoms with van der Waals surface area (Å²) in [5.74, 6) is -0.0340. The van der Waals surface area contributed by atoms with Crippen molar-refractivity contribution in [2.75, 3.05) is 25.0 Å². The number of anilines is 1. The van der Waals surface area contributed by atoms with Crippen LogP contribution in [0.4, 0.5) is 5.69 Å². The molecule has 4 heteroatoms. The van der Waals surface area contributed by atoms with E-state index in [2.05, 4.69) is 48.3 Å². The average molecular weight is 340 g/mol. The maximum absolute atomic E-state index is 12.4. The van der Waals surface area contributed by atoms with Gasteiger partial charge < -0.3 is 10.4 Å². The highest BCUT2D eigenvalue weighted by molar-refractivity contribution is 5.92. The second-order valence-electron chi connectivity index (χ2n) is 6.62. The molecule has 0 aliphatic carbocycles. The minimum Gasteiger partial charge on any atom is -0.396 e. The number of rotatable bonds is 8. The van der Waals surface area contributed by atoms with Crippen LogP contribution in [-0.2, 0) is 11.3 Å². The Hall–Kier alpha value is -2.17. The Morgan fingerprint density at radius 3 is 2.40 bits per heavy atom. The number of benzene rings is 2. The first-order chi connectivity index (χ1) is 12.0. The number of aliphatic hydroxyl groups excluding tert-OH is 1. The van der Waals surface area contributed by atoms with Crippen molar-refractivity contribution in [2.24, 2.45) is 0 Å². The van der Waals surface area contributed by atoms with E-state index in [-0.39, 0.29) is 12.5 Å². The highest BCUT2D eigenvalue weighted by atomic mass is 16.3. The van der Waals surface area contributed by atoms with E-state index in [9.17, 15) is 4.79 Å². The molecule has 0 saturated carbocycles. The van der Waals surface area contributed by atoms with E-state index < -0.39 is 0 Å². The molecule has 134 valence electrons. The lowest BCUT2D eigenvalue weighted by Crippen LogP contribution is -2.34. The number of carbonyl (C=O) groups excluding carboxylic acids is 1. The van der Waals surface area contributed by atoms with Gasteiger partial charge in [-0.3, -0.25) is 9.69 Å². The summed E-state index contributed by atoms with van der Waals surface area (Å²) in [6.07, 6.45) is 0.656. The maximum atomic E-state index is 12.4. The van der Waals surface area contributed by atoms with Crippen LogP contribution in [0.5, 0.6) is 0 Å². The predicted molar refractivity (Wildman–Crippen MR) is 103 cm³/mol. The third-order valence-electron chi connectivity index (χ3n) is 4.32. The smallest absolute Gasteiger partial charge is 0.238 e. The van der Waals surface area contributed by atoms with Gasteiger partial charge in [0.1, 0.15) is 0 Å². The Morgan fingerprint density at radius 2 is 1.76 bits per heavy atom. The van der Waals surface area contributed by atoms with Crippen LogP contribution < -0.4 is 5.32 Å². The molecule has 0 bridgehead atoms. The Labute approximate surface area is 150 Å². The second-order valence-corrected chi connectivity index (χ2v) is 6.62. The molecule has 2 aromatic carbocycles. The van der Waals surface area contributed by atoms with Crippen LogP contribution in [0.1, 0.15) is 28.7 Å². The van der Waals surface area contributed by atoms with E-state index in [1.165, 1.54) is 16.7 Å². The fraction of sp³-hybridized carbons (Fsp3) is 0.381. The quantitative estimate of drug-likeness (QED) is 0.774. The molecular weight excluding hydrogens is 312 g/mol. The van der Waals surface area contributed by atoms with Gasteiger partial charge in [-0.05, 0) is 56.0 Å². The van der Waals surface area contributed by atoms with Crippen molar-refractivity contribution in [1.29, 1.82) is 0 Å². The fourth-order valence-corrected chi connectivity index (χ4v) is 2.68. The molecule has 2 N–H and O–H groups in total. The third-order valence-corrected chi connectivity index (χ3v) is 4.32. The summed E-state index contributed by atoms with van der Waals surface area (Å²) in [5.41, 5.74) is 5.59. The minimum atomic E-state index is -0.0340. The van der Waals surface area contributed by atoms with Gasteiger partial charge in [0.05, 0.1) is 6.54 Å². The molecular formula is C21H28N2O2. The van der Waals surface area contributed by atoms with Crippen molar-refractivity contribution in [3.63, 3.8) is 0 Å². The molecule has 0 heterocycles. The Kier molecular flexibility index (Phi) is 7.16. The largest absolute Gasteiger partial charge is 0.396 e. The number of amides is 1. The SMILES string of the molecule is Cc1ccc(CN(CCCO)CC(=O)Nc2ccc(C)c(C)c2)cc1. The highest BCUT2D eigenvalue weighted by Crippen LogP contribution is 2.14. The van der Waals surface area contributed by atoms with E-state index in [1.54, 1.807) is 0 Å². The van der Waals surface area contributed by atoms with Gasteiger partial charge in [0, 0.05) is 25.4 Å². The molecule has 0 fully saturated rings. The van der Waals surface area contributed by atoms with Crippen molar-refractivity contribution in [1.82, 2.24) is 4.90 Å². The molecule has 25 heavy (non-hydrogen) atoms. The Bertz CT molecular complexity index is 696. The van der Waals surface area contributed by atoms with Gasteiger partial charge in [0.25, 0.3) is 0 Å². The summed E-state index contributed by atoms with van der Waals surface area (Å²) in [7, 11) is 0. The molecule has 0 radical (unpaired) electrons. The Morgan fingerprint density at radius 1 is 1.04 bits per heavy atom. The van der Waals surface area contributed by atoms with Crippen molar-refractivity contribution in [2.45, 2.75) is 33.7 Å². The number of aliphatic hydroxyl groups is 1. The third kappa shape index (κ3) is 6.33. The average Bonchev–Trinajstić information content (AvgIpc) is 2.58. The molecule has 0 saturated heterocycles. The number of nitrogens with zero attached hydrogens (tertiary/aromatic N) is 1. The monoisotopic (exact) mass is 340 g/mol. The number of hydrogen-bond acceptors (Lipinski definition) is 3. The first kappa shape index (κ1) is 19.2. The lowest BCUT2D eigenvalue weighted by Gasteiger charge is -2.22. The summed E-state index contributed by atoms with van der Waals surface area (Å²) < 4.78 is 0. The van der Waals surface area contributed by atoms with Gasteiger partial charge in [-0.15, -0.1) is 0 Å². The van der Waals surface area contributed by atoms with Gasteiger partial charge in [-0.25, -0.2) is 0 Å². The Balaban J connectivity index is 1.98. The van der Waals surface area contributed by atoms with E-state index in [0.717, 1.165) is 11.3 Å². The van der Waals surface area contributed by atoms with Gasteiger partial charge >= 0.3 is 0 Å². The molecule has 1 amide bonds. The zero-order valence-corrected chi connectivity index (χ0v) is 15.4. The molecule has 0 atom stereocenters. The lowest BCUT2D eigenvalue weighted by atomic mass is 10.1. The molecule has 0 unspecified atom stereocenters. The highest BCUT2D eigenvalue weighted by Gasteiger charge is 2.12. The molecule has 0 aromatic heterocycles. The van der Waals surface area contributed by atoms with Crippen molar-refractivity contribution in [3.05, 3.63) is 64.7 Å². The first-order valence-electron chi connectivity index (χ1n) is 8.74. The fourth-order valence-electron chi connectivity index (χ4n) is 2.68. The van der Waals surface area contributed by atoms with E-state index in [1.807, 2.05) is 25.1 Å². The van der Waals surface area contributed by atoms with Crippen molar-refractivity contribution in [3.8, 4) is 0 Å². The standard InChI is InChI=1S/C21H28N2O2/c1-16-5-8-19(9-6-16)14-23(11-4-12-24)15-21(25)22-20-10-7-17(2)18(3)13-20/h5-10,13,24H,4,11-12,14-15H2,1-3H3,(H,22,25). The van der Waals surface area contributed by atoms with E-state index in [0.29, 0.717) is 26.1 Å². The number of aryl methyl sites for hydroxylation is 3.